The van der Waals surface area contributed by atoms with E-state index in [2.05, 4.69) is 20.9 Å². The standard InChI is InChI=1S/C28H42N4O4/c1-28(2,3)36-27(35)30-22-8-10-23(11-9-22)32-16-14-19(15-17-32)18-29-21-6-4-20(5-7-21)24-12-13-25(33)31-26(24)34/h4-7,19,22-24,29H,8-18H2,1-3H3,(H,30,35)(H,31,33,34). The fraction of sp³-hybridized carbons (Fsp3) is 0.679. The van der Waals surface area contributed by atoms with Gasteiger partial charge >= 0.3 is 6.09 Å². The molecule has 2 saturated heterocycles. The number of carbonyl (C=O) groups is 3. The zero-order valence-electron chi connectivity index (χ0n) is 22.0. The van der Waals surface area contributed by atoms with E-state index in [1.807, 2.05) is 45.0 Å². The molecule has 2 aliphatic heterocycles. The zero-order valence-corrected chi connectivity index (χ0v) is 22.0. The quantitative estimate of drug-likeness (QED) is 0.509. The Hall–Kier alpha value is -2.61. The number of amides is 3. The second-order valence-electron chi connectivity index (χ2n) is 11.6. The molecule has 8 nitrogen and oxygen atoms in total. The summed E-state index contributed by atoms with van der Waals surface area (Å²) in [7, 11) is 0. The first kappa shape index (κ1) is 26.5. The van der Waals surface area contributed by atoms with Crippen molar-refractivity contribution in [1.82, 2.24) is 15.5 Å². The summed E-state index contributed by atoms with van der Waals surface area (Å²) < 4.78 is 5.40. The molecule has 1 aliphatic carbocycles. The number of ether oxygens (including phenoxy) is 1. The first-order valence-electron chi connectivity index (χ1n) is 13.6. The molecule has 1 aromatic rings. The molecule has 2 heterocycles. The van der Waals surface area contributed by atoms with Gasteiger partial charge in [0.25, 0.3) is 0 Å². The van der Waals surface area contributed by atoms with Crippen LogP contribution in [0.2, 0.25) is 0 Å². The number of anilines is 1. The Bertz CT molecular complexity index is 910. The fourth-order valence-corrected chi connectivity index (χ4v) is 5.69. The zero-order chi connectivity index (χ0) is 25.7. The third kappa shape index (κ3) is 7.45. The third-order valence-electron chi connectivity index (χ3n) is 7.73. The van der Waals surface area contributed by atoms with Gasteiger partial charge in [-0.3, -0.25) is 14.9 Å². The van der Waals surface area contributed by atoms with Crippen LogP contribution >= 0.6 is 0 Å². The minimum Gasteiger partial charge on any atom is -0.444 e. The van der Waals surface area contributed by atoms with E-state index in [1.165, 1.54) is 12.8 Å². The lowest BCUT2D eigenvalue weighted by Crippen LogP contribution is -2.47. The minimum atomic E-state index is -0.459. The molecule has 3 N–H and O–H groups in total. The molecule has 0 aromatic heterocycles. The van der Waals surface area contributed by atoms with Gasteiger partial charge in [-0.05, 0) is 102 Å². The van der Waals surface area contributed by atoms with E-state index in [9.17, 15) is 14.4 Å². The van der Waals surface area contributed by atoms with E-state index in [0.29, 0.717) is 24.8 Å². The van der Waals surface area contributed by atoms with Crippen molar-refractivity contribution >= 4 is 23.6 Å². The van der Waals surface area contributed by atoms with E-state index < -0.39 is 5.60 Å². The number of carbonyl (C=O) groups excluding carboxylic acids is 3. The molecule has 3 amide bonds. The molecule has 3 aliphatic rings. The molecular formula is C28H42N4O4. The number of hydrogen-bond donors (Lipinski definition) is 3. The summed E-state index contributed by atoms with van der Waals surface area (Å²) in [6, 6.07) is 8.92. The lowest BCUT2D eigenvalue weighted by atomic mass is 9.87. The van der Waals surface area contributed by atoms with Crippen molar-refractivity contribution in [3.63, 3.8) is 0 Å². The van der Waals surface area contributed by atoms with E-state index in [1.54, 1.807) is 0 Å². The number of alkyl carbamates (subject to hydrolysis) is 1. The summed E-state index contributed by atoms with van der Waals surface area (Å²) in [4.78, 5) is 38.2. The van der Waals surface area contributed by atoms with Crippen LogP contribution in [-0.2, 0) is 14.3 Å². The number of benzene rings is 1. The van der Waals surface area contributed by atoms with Gasteiger partial charge in [0, 0.05) is 30.7 Å². The van der Waals surface area contributed by atoms with Crippen LogP contribution < -0.4 is 16.0 Å². The third-order valence-corrected chi connectivity index (χ3v) is 7.73. The van der Waals surface area contributed by atoms with Crippen LogP contribution in [0.3, 0.4) is 0 Å². The number of rotatable bonds is 6. The predicted molar refractivity (Wildman–Crippen MR) is 140 cm³/mol. The highest BCUT2D eigenvalue weighted by molar-refractivity contribution is 6.00. The van der Waals surface area contributed by atoms with Gasteiger partial charge in [0.15, 0.2) is 0 Å². The molecule has 8 heteroatoms. The molecule has 0 spiro atoms. The van der Waals surface area contributed by atoms with E-state index in [0.717, 1.165) is 56.6 Å². The van der Waals surface area contributed by atoms with Gasteiger partial charge < -0.3 is 20.3 Å². The topological polar surface area (TPSA) is 99.8 Å². The predicted octanol–water partition coefficient (Wildman–Crippen LogP) is 4.17. The maximum Gasteiger partial charge on any atom is 0.407 e. The van der Waals surface area contributed by atoms with Crippen molar-refractivity contribution in [3.8, 4) is 0 Å². The van der Waals surface area contributed by atoms with Crippen LogP contribution in [0, 0.1) is 5.92 Å². The number of nitrogens with one attached hydrogen (secondary N) is 3. The van der Waals surface area contributed by atoms with Crippen molar-refractivity contribution in [2.24, 2.45) is 5.92 Å². The lowest BCUT2D eigenvalue weighted by Gasteiger charge is -2.41. The Morgan fingerprint density at radius 2 is 1.67 bits per heavy atom. The number of imide groups is 1. The molecule has 198 valence electrons. The van der Waals surface area contributed by atoms with Crippen molar-refractivity contribution in [1.29, 1.82) is 0 Å². The first-order valence-corrected chi connectivity index (χ1v) is 13.6. The number of nitrogens with zero attached hydrogens (tertiary/aromatic N) is 1. The van der Waals surface area contributed by atoms with Crippen LogP contribution in [0.15, 0.2) is 24.3 Å². The molecule has 4 rings (SSSR count). The fourth-order valence-electron chi connectivity index (χ4n) is 5.69. The van der Waals surface area contributed by atoms with Crippen molar-refractivity contribution in [2.45, 2.75) is 95.7 Å². The molecule has 1 aromatic carbocycles. The Kier molecular flexibility index (Phi) is 8.54. The van der Waals surface area contributed by atoms with Gasteiger partial charge in [0.2, 0.25) is 11.8 Å². The van der Waals surface area contributed by atoms with Crippen molar-refractivity contribution in [2.75, 3.05) is 25.0 Å². The van der Waals surface area contributed by atoms with E-state index in [-0.39, 0.29) is 29.9 Å². The van der Waals surface area contributed by atoms with Crippen LogP contribution in [0.5, 0.6) is 0 Å². The molecule has 1 unspecified atom stereocenters. The minimum absolute atomic E-state index is 0.177. The van der Waals surface area contributed by atoms with Gasteiger partial charge in [-0.1, -0.05) is 12.1 Å². The molecule has 36 heavy (non-hydrogen) atoms. The second kappa shape index (κ2) is 11.6. The summed E-state index contributed by atoms with van der Waals surface area (Å²) in [6.07, 6.45) is 7.35. The summed E-state index contributed by atoms with van der Waals surface area (Å²) >= 11 is 0. The summed E-state index contributed by atoms with van der Waals surface area (Å²) in [5.41, 5.74) is 1.58. The highest BCUT2D eigenvalue weighted by Crippen LogP contribution is 2.29. The molecule has 3 fully saturated rings. The van der Waals surface area contributed by atoms with Crippen LogP contribution in [0.4, 0.5) is 10.5 Å². The molecule has 0 radical (unpaired) electrons. The average Bonchev–Trinajstić information content (AvgIpc) is 2.83. The average molecular weight is 499 g/mol. The van der Waals surface area contributed by atoms with Crippen LogP contribution in [0.25, 0.3) is 0 Å². The van der Waals surface area contributed by atoms with Gasteiger partial charge in [0.05, 0.1) is 5.92 Å². The maximum absolute atomic E-state index is 12.1. The smallest absolute Gasteiger partial charge is 0.407 e. The summed E-state index contributed by atoms with van der Waals surface area (Å²) in [6.45, 7) is 8.90. The normalized spacial score (nSPS) is 26.2. The van der Waals surface area contributed by atoms with Crippen LogP contribution in [-0.4, -0.2) is 60.1 Å². The molecule has 1 saturated carbocycles. The number of hydrogen-bond acceptors (Lipinski definition) is 6. The summed E-state index contributed by atoms with van der Waals surface area (Å²) in [5, 5.41) is 9.05. The Balaban J connectivity index is 1.14. The second-order valence-corrected chi connectivity index (χ2v) is 11.6. The maximum atomic E-state index is 12.1. The monoisotopic (exact) mass is 498 g/mol. The number of piperidine rings is 2. The van der Waals surface area contributed by atoms with Gasteiger partial charge in [0.1, 0.15) is 5.60 Å². The van der Waals surface area contributed by atoms with Crippen molar-refractivity contribution in [3.05, 3.63) is 29.8 Å². The summed E-state index contributed by atoms with van der Waals surface area (Å²) in [5.74, 6) is 0.0560. The first-order chi connectivity index (χ1) is 17.2. The lowest BCUT2D eigenvalue weighted by molar-refractivity contribution is -0.134. The van der Waals surface area contributed by atoms with Crippen molar-refractivity contribution < 1.29 is 19.1 Å². The Labute approximate surface area is 214 Å². The molecule has 1 atom stereocenters. The van der Waals surface area contributed by atoms with E-state index in [4.69, 9.17) is 4.74 Å². The Morgan fingerprint density at radius 3 is 2.28 bits per heavy atom. The number of likely N-dealkylation sites (tertiary alicyclic amines) is 1. The van der Waals surface area contributed by atoms with Crippen LogP contribution in [0.1, 0.15) is 83.6 Å². The highest BCUT2D eigenvalue weighted by atomic mass is 16.6. The van der Waals surface area contributed by atoms with E-state index >= 15 is 0 Å². The molecule has 0 bridgehead atoms. The Morgan fingerprint density at radius 1 is 1.00 bits per heavy atom. The highest BCUT2D eigenvalue weighted by Gasteiger charge is 2.31. The van der Waals surface area contributed by atoms with Gasteiger partial charge in [-0.25, -0.2) is 4.79 Å². The van der Waals surface area contributed by atoms with Gasteiger partial charge in [-0.15, -0.1) is 0 Å². The SMILES string of the molecule is CC(C)(C)OC(=O)NC1CCC(N2CCC(CNc3ccc(C4CCC(=O)NC4=O)cc3)CC2)CC1. The molecular weight excluding hydrogens is 456 g/mol. The largest absolute Gasteiger partial charge is 0.444 e. The van der Waals surface area contributed by atoms with Gasteiger partial charge in [-0.2, -0.15) is 0 Å².